The molecular weight excluding hydrogens is 273 g/mol. The van der Waals surface area contributed by atoms with E-state index in [-0.39, 0.29) is 17.8 Å². The third-order valence-corrected chi connectivity index (χ3v) is 2.27. The van der Waals surface area contributed by atoms with Crippen LogP contribution in [0, 0.1) is 15.9 Å². The summed E-state index contributed by atoms with van der Waals surface area (Å²) in [5, 5.41) is 23.4. The fourth-order valence-electron chi connectivity index (χ4n) is 1.42. The first-order chi connectivity index (χ1) is 9.29. The number of carbonyl (C=O) groups is 2. The SMILES string of the molecule is CC(CC(=O)O)NC(=O)Nc1cc([N+](=O)[O-])ccc1F. The fourth-order valence-corrected chi connectivity index (χ4v) is 1.42. The molecule has 0 fully saturated rings. The van der Waals surface area contributed by atoms with E-state index < -0.39 is 28.8 Å². The average molecular weight is 285 g/mol. The molecule has 0 saturated carbocycles. The molecule has 9 heteroatoms. The van der Waals surface area contributed by atoms with Crippen molar-refractivity contribution in [3.05, 3.63) is 34.1 Å². The summed E-state index contributed by atoms with van der Waals surface area (Å²) in [5.41, 5.74) is -0.737. The maximum absolute atomic E-state index is 13.4. The molecule has 20 heavy (non-hydrogen) atoms. The van der Waals surface area contributed by atoms with Gasteiger partial charge in [0, 0.05) is 18.2 Å². The number of hydrogen-bond donors (Lipinski definition) is 3. The number of nitro groups is 1. The molecule has 1 atom stereocenters. The topological polar surface area (TPSA) is 122 Å². The molecule has 0 aliphatic rings. The number of halogens is 1. The quantitative estimate of drug-likeness (QED) is 0.561. The van der Waals surface area contributed by atoms with Gasteiger partial charge >= 0.3 is 12.0 Å². The van der Waals surface area contributed by atoms with Crippen LogP contribution in [0.5, 0.6) is 0 Å². The lowest BCUT2D eigenvalue weighted by molar-refractivity contribution is -0.384. The number of amides is 2. The molecule has 0 aliphatic carbocycles. The van der Waals surface area contributed by atoms with Gasteiger partial charge in [-0.05, 0) is 13.0 Å². The lowest BCUT2D eigenvalue weighted by atomic mass is 10.2. The highest BCUT2D eigenvalue weighted by Gasteiger charge is 2.15. The molecule has 0 aromatic heterocycles. The van der Waals surface area contributed by atoms with Crippen molar-refractivity contribution in [1.82, 2.24) is 5.32 Å². The number of rotatable bonds is 5. The monoisotopic (exact) mass is 285 g/mol. The second-order valence-corrected chi connectivity index (χ2v) is 4.02. The van der Waals surface area contributed by atoms with Crippen molar-refractivity contribution in [1.29, 1.82) is 0 Å². The molecule has 0 heterocycles. The van der Waals surface area contributed by atoms with Crippen LogP contribution in [0.1, 0.15) is 13.3 Å². The molecule has 0 aliphatic heterocycles. The van der Waals surface area contributed by atoms with E-state index in [1.54, 1.807) is 0 Å². The van der Waals surface area contributed by atoms with E-state index in [2.05, 4.69) is 10.6 Å². The summed E-state index contributed by atoms with van der Waals surface area (Å²) < 4.78 is 13.4. The first kappa shape index (κ1) is 15.3. The van der Waals surface area contributed by atoms with Crippen molar-refractivity contribution in [2.75, 3.05) is 5.32 Å². The molecular formula is C11H12FN3O5. The van der Waals surface area contributed by atoms with E-state index in [4.69, 9.17) is 5.11 Å². The van der Waals surface area contributed by atoms with Crippen molar-refractivity contribution >= 4 is 23.4 Å². The number of carboxylic acids is 1. The maximum atomic E-state index is 13.4. The molecule has 1 aromatic rings. The Kier molecular flexibility index (Phi) is 4.95. The summed E-state index contributed by atoms with van der Waals surface area (Å²) >= 11 is 0. The van der Waals surface area contributed by atoms with Crippen molar-refractivity contribution in [2.45, 2.75) is 19.4 Å². The summed E-state index contributed by atoms with van der Waals surface area (Å²) in [5.74, 6) is -1.93. The Balaban J connectivity index is 2.72. The number of non-ortho nitro benzene ring substituents is 1. The third-order valence-electron chi connectivity index (χ3n) is 2.27. The summed E-state index contributed by atoms with van der Waals surface area (Å²) in [7, 11) is 0. The smallest absolute Gasteiger partial charge is 0.319 e. The molecule has 108 valence electrons. The number of nitrogens with one attached hydrogen (secondary N) is 2. The number of anilines is 1. The average Bonchev–Trinajstić information content (AvgIpc) is 2.30. The molecule has 2 amide bonds. The van der Waals surface area contributed by atoms with Crippen LogP contribution in [0.3, 0.4) is 0 Å². The number of carbonyl (C=O) groups excluding carboxylic acids is 1. The standard InChI is InChI=1S/C11H12FN3O5/c1-6(4-10(16)17)13-11(18)14-9-5-7(15(19)20)2-3-8(9)12/h2-3,5-6H,4H2,1H3,(H,16,17)(H2,13,14,18). The Morgan fingerprint density at radius 1 is 1.50 bits per heavy atom. The summed E-state index contributed by atoms with van der Waals surface area (Å²) in [4.78, 5) is 31.7. The minimum Gasteiger partial charge on any atom is -0.481 e. The lowest BCUT2D eigenvalue weighted by Crippen LogP contribution is -2.37. The van der Waals surface area contributed by atoms with Gasteiger partial charge in [-0.2, -0.15) is 0 Å². The van der Waals surface area contributed by atoms with Gasteiger partial charge in [-0.1, -0.05) is 0 Å². The number of hydrogen-bond acceptors (Lipinski definition) is 4. The van der Waals surface area contributed by atoms with Crippen molar-refractivity contribution in [2.24, 2.45) is 0 Å². The van der Waals surface area contributed by atoms with Gasteiger partial charge in [0.15, 0.2) is 0 Å². The van der Waals surface area contributed by atoms with Crippen molar-refractivity contribution in [3.8, 4) is 0 Å². The molecule has 0 bridgehead atoms. The largest absolute Gasteiger partial charge is 0.481 e. The van der Waals surface area contributed by atoms with E-state index in [9.17, 15) is 24.1 Å². The normalized spacial score (nSPS) is 11.5. The first-order valence-electron chi connectivity index (χ1n) is 5.53. The molecule has 1 rings (SSSR count). The van der Waals surface area contributed by atoms with Crippen LogP contribution in [-0.4, -0.2) is 28.1 Å². The second kappa shape index (κ2) is 6.45. The molecule has 0 spiro atoms. The van der Waals surface area contributed by atoms with E-state index in [0.29, 0.717) is 0 Å². The van der Waals surface area contributed by atoms with Crippen LogP contribution >= 0.6 is 0 Å². The Morgan fingerprint density at radius 3 is 2.70 bits per heavy atom. The number of carboxylic acid groups (broad SMARTS) is 1. The van der Waals surface area contributed by atoms with Gasteiger partial charge < -0.3 is 15.7 Å². The number of benzene rings is 1. The Hall–Kier alpha value is -2.71. The molecule has 0 radical (unpaired) electrons. The van der Waals surface area contributed by atoms with Gasteiger partial charge in [0.2, 0.25) is 0 Å². The van der Waals surface area contributed by atoms with Crippen LogP contribution in [0.4, 0.5) is 20.6 Å². The number of urea groups is 1. The Bertz CT molecular complexity index is 549. The molecule has 1 unspecified atom stereocenters. The van der Waals surface area contributed by atoms with Crippen LogP contribution < -0.4 is 10.6 Å². The zero-order valence-corrected chi connectivity index (χ0v) is 10.4. The van der Waals surface area contributed by atoms with Crippen molar-refractivity contribution in [3.63, 3.8) is 0 Å². The molecule has 8 nitrogen and oxygen atoms in total. The van der Waals surface area contributed by atoms with Crippen LogP contribution in [0.25, 0.3) is 0 Å². The van der Waals surface area contributed by atoms with Gasteiger partial charge in [0.05, 0.1) is 17.0 Å². The lowest BCUT2D eigenvalue weighted by Gasteiger charge is -2.12. The molecule has 1 aromatic carbocycles. The number of nitro benzene ring substituents is 1. The first-order valence-corrected chi connectivity index (χ1v) is 5.53. The maximum Gasteiger partial charge on any atom is 0.319 e. The van der Waals surface area contributed by atoms with Crippen LogP contribution in [0.2, 0.25) is 0 Å². The van der Waals surface area contributed by atoms with E-state index >= 15 is 0 Å². The van der Waals surface area contributed by atoms with Crippen LogP contribution in [0.15, 0.2) is 18.2 Å². The van der Waals surface area contributed by atoms with Gasteiger partial charge in [0.25, 0.3) is 5.69 Å². The second-order valence-electron chi connectivity index (χ2n) is 4.02. The minimum absolute atomic E-state index is 0.301. The van der Waals surface area contributed by atoms with Gasteiger partial charge in [-0.3, -0.25) is 14.9 Å². The zero-order chi connectivity index (χ0) is 15.3. The Morgan fingerprint density at radius 2 is 2.15 bits per heavy atom. The molecule has 3 N–H and O–H groups in total. The van der Waals surface area contributed by atoms with E-state index in [0.717, 1.165) is 18.2 Å². The van der Waals surface area contributed by atoms with Gasteiger partial charge in [0.1, 0.15) is 5.82 Å². The van der Waals surface area contributed by atoms with Crippen molar-refractivity contribution < 1.29 is 24.0 Å². The summed E-state index contributed by atoms with van der Waals surface area (Å²) in [6.45, 7) is 1.46. The van der Waals surface area contributed by atoms with Crippen LogP contribution in [-0.2, 0) is 4.79 Å². The minimum atomic E-state index is -1.10. The predicted molar refractivity (Wildman–Crippen MR) is 66.9 cm³/mol. The highest BCUT2D eigenvalue weighted by atomic mass is 19.1. The Labute approximate surface area is 112 Å². The van der Waals surface area contributed by atoms with Gasteiger partial charge in [-0.25, -0.2) is 9.18 Å². The summed E-state index contributed by atoms with van der Waals surface area (Å²) in [6.07, 6.45) is -0.301. The summed E-state index contributed by atoms with van der Waals surface area (Å²) in [6, 6.07) is 1.17. The number of aliphatic carboxylic acids is 1. The predicted octanol–water partition coefficient (Wildman–Crippen LogP) is 1.72. The van der Waals surface area contributed by atoms with E-state index in [1.165, 1.54) is 6.92 Å². The fraction of sp³-hybridized carbons (Fsp3) is 0.273. The third kappa shape index (κ3) is 4.52. The highest BCUT2D eigenvalue weighted by Crippen LogP contribution is 2.21. The molecule has 0 saturated heterocycles. The number of nitrogens with zero attached hydrogens (tertiary/aromatic N) is 1. The van der Waals surface area contributed by atoms with E-state index in [1.807, 2.05) is 0 Å². The highest BCUT2D eigenvalue weighted by molar-refractivity contribution is 5.90. The van der Waals surface area contributed by atoms with Gasteiger partial charge in [-0.15, -0.1) is 0 Å². The zero-order valence-electron chi connectivity index (χ0n) is 10.4.